The number of para-hydroxylation sites is 1. The Labute approximate surface area is 165 Å². The van der Waals surface area contributed by atoms with E-state index in [9.17, 15) is 20.2 Å². The Morgan fingerprint density at radius 3 is 2.55 bits per heavy atom. The van der Waals surface area contributed by atoms with Crippen LogP contribution in [0.4, 0.5) is 11.4 Å². The molecule has 0 aliphatic rings. The lowest BCUT2D eigenvalue weighted by Crippen LogP contribution is -2.13. The van der Waals surface area contributed by atoms with Crippen molar-refractivity contribution in [1.29, 1.82) is 5.26 Å². The maximum Gasteiger partial charge on any atom is 0.280 e. The highest BCUT2D eigenvalue weighted by Crippen LogP contribution is 2.31. The summed E-state index contributed by atoms with van der Waals surface area (Å²) < 4.78 is 10.6. The Bertz CT molecular complexity index is 1120. The van der Waals surface area contributed by atoms with Gasteiger partial charge in [0.2, 0.25) is 0 Å². The van der Waals surface area contributed by atoms with Gasteiger partial charge >= 0.3 is 0 Å². The summed E-state index contributed by atoms with van der Waals surface area (Å²) in [6.07, 6.45) is 1.27. The van der Waals surface area contributed by atoms with Crippen LogP contribution < -0.4 is 10.1 Å². The van der Waals surface area contributed by atoms with Gasteiger partial charge in [-0.1, -0.05) is 12.1 Å². The van der Waals surface area contributed by atoms with Gasteiger partial charge in [-0.05, 0) is 42.5 Å². The van der Waals surface area contributed by atoms with Crippen LogP contribution in [-0.2, 0) is 4.79 Å². The zero-order valence-corrected chi connectivity index (χ0v) is 15.3. The molecule has 3 rings (SSSR count). The molecule has 1 heterocycles. The van der Waals surface area contributed by atoms with Crippen LogP contribution in [-0.4, -0.2) is 17.9 Å². The van der Waals surface area contributed by atoms with E-state index in [0.29, 0.717) is 17.0 Å². The van der Waals surface area contributed by atoms with Gasteiger partial charge in [-0.25, -0.2) is 0 Å². The van der Waals surface area contributed by atoms with Crippen molar-refractivity contribution in [3.63, 3.8) is 0 Å². The molecular formula is C21H15N3O5. The van der Waals surface area contributed by atoms with Crippen molar-refractivity contribution in [2.75, 3.05) is 12.4 Å². The van der Waals surface area contributed by atoms with Crippen molar-refractivity contribution in [2.45, 2.75) is 0 Å². The number of anilines is 1. The molecule has 3 aromatic rings. The number of hydrogen-bond acceptors (Lipinski definition) is 6. The first-order valence-electron chi connectivity index (χ1n) is 8.42. The molecule has 0 aliphatic carbocycles. The average Bonchev–Trinajstić information content (AvgIpc) is 3.21. The number of nitro benzene ring substituents is 1. The SMILES string of the molecule is COc1ccc(NC(=O)/C(C#N)=C\c2ccc(-c3ccccc3[N+](=O)[O-])o2)cc1. The summed E-state index contributed by atoms with van der Waals surface area (Å²) in [4.78, 5) is 23.0. The van der Waals surface area contributed by atoms with E-state index in [4.69, 9.17) is 9.15 Å². The molecule has 1 amide bonds. The summed E-state index contributed by atoms with van der Waals surface area (Å²) in [7, 11) is 1.53. The van der Waals surface area contributed by atoms with E-state index in [1.165, 1.54) is 25.3 Å². The fourth-order valence-electron chi connectivity index (χ4n) is 2.58. The molecule has 0 radical (unpaired) electrons. The number of rotatable bonds is 6. The Kier molecular flexibility index (Phi) is 5.71. The molecule has 0 unspecified atom stereocenters. The average molecular weight is 389 g/mol. The standard InChI is InChI=1S/C21H15N3O5/c1-28-16-8-6-15(7-9-16)23-21(25)14(13-22)12-17-10-11-20(29-17)18-4-2-3-5-19(18)24(26)27/h2-12H,1H3,(H,23,25)/b14-12-. The molecule has 0 fully saturated rings. The van der Waals surface area contributed by atoms with Crippen molar-refractivity contribution >= 4 is 23.4 Å². The molecule has 8 nitrogen and oxygen atoms in total. The first kappa shape index (κ1) is 19.4. The van der Waals surface area contributed by atoms with Gasteiger partial charge in [-0.3, -0.25) is 14.9 Å². The van der Waals surface area contributed by atoms with Gasteiger partial charge in [-0.15, -0.1) is 0 Å². The predicted molar refractivity (Wildman–Crippen MR) is 106 cm³/mol. The van der Waals surface area contributed by atoms with Crippen molar-refractivity contribution in [3.8, 4) is 23.1 Å². The first-order valence-corrected chi connectivity index (χ1v) is 8.42. The zero-order chi connectivity index (χ0) is 20.8. The molecule has 0 bridgehead atoms. The van der Waals surface area contributed by atoms with Gasteiger partial charge in [0, 0.05) is 17.8 Å². The lowest BCUT2D eigenvalue weighted by molar-refractivity contribution is -0.384. The Hall–Kier alpha value is -4.38. The van der Waals surface area contributed by atoms with Crippen LogP contribution in [0.1, 0.15) is 5.76 Å². The molecular weight excluding hydrogens is 374 g/mol. The summed E-state index contributed by atoms with van der Waals surface area (Å²) in [5, 5.41) is 23.1. The predicted octanol–water partition coefficient (Wildman–Crippen LogP) is 4.41. The Balaban J connectivity index is 1.82. The largest absolute Gasteiger partial charge is 0.497 e. The monoisotopic (exact) mass is 389 g/mol. The van der Waals surface area contributed by atoms with E-state index in [1.807, 2.05) is 6.07 Å². The van der Waals surface area contributed by atoms with E-state index in [2.05, 4.69) is 5.32 Å². The van der Waals surface area contributed by atoms with E-state index in [1.54, 1.807) is 48.5 Å². The molecule has 0 saturated carbocycles. The van der Waals surface area contributed by atoms with Crippen LogP contribution in [0.25, 0.3) is 17.4 Å². The van der Waals surface area contributed by atoms with Crippen LogP contribution in [0.5, 0.6) is 5.75 Å². The number of nitriles is 1. The van der Waals surface area contributed by atoms with Gasteiger partial charge in [0.15, 0.2) is 0 Å². The number of carbonyl (C=O) groups excluding carboxylic acids is 1. The van der Waals surface area contributed by atoms with Gasteiger partial charge in [-0.2, -0.15) is 5.26 Å². The van der Waals surface area contributed by atoms with E-state index in [-0.39, 0.29) is 22.8 Å². The number of carbonyl (C=O) groups is 1. The highest BCUT2D eigenvalue weighted by Gasteiger charge is 2.17. The number of nitrogens with one attached hydrogen (secondary N) is 1. The molecule has 8 heteroatoms. The van der Waals surface area contributed by atoms with E-state index < -0.39 is 10.8 Å². The molecule has 0 aliphatic heterocycles. The zero-order valence-electron chi connectivity index (χ0n) is 15.3. The first-order chi connectivity index (χ1) is 14.0. The second-order valence-electron chi connectivity index (χ2n) is 5.83. The molecule has 1 N–H and O–H groups in total. The van der Waals surface area contributed by atoms with Gasteiger partial charge < -0.3 is 14.5 Å². The van der Waals surface area contributed by atoms with Gasteiger partial charge in [0.1, 0.15) is 28.9 Å². The summed E-state index contributed by atoms with van der Waals surface area (Å²) in [6, 6.07) is 17.7. The lowest BCUT2D eigenvalue weighted by atomic mass is 10.1. The fraction of sp³-hybridized carbons (Fsp3) is 0.0476. The minimum atomic E-state index is -0.610. The number of amides is 1. The molecule has 29 heavy (non-hydrogen) atoms. The summed E-state index contributed by atoms with van der Waals surface area (Å²) in [6.45, 7) is 0. The third-order valence-electron chi connectivity index (χ3n) is 3.99. The van der Waals surface area contributed by atoms with Crippen LogP contribution in [0, 0.1) is 21.4 Å². The number of benzene rings is 2. The topological polar surface area (TPSA) is 118 Å². The molecule has 0 atom stereocenters. The molecule has 0 saturated heterocycles. The van der Waals surface area contributed by atoms with Gasteiger partial charge in [0.25, 0.3) is 11.6 Å². The third-order valence-corrected chi connectivity index (χ3v) is 3.99. The van der Waals surface area contributed by atoms with Crippen LogP contribution in [0.3, 0.4) is 0 Å². The number of methoxy groups -OCH3 is 1. The highest BCUT2D eigenvalue weighted by atomic mass is 16.6. The fourth-order valence-corrected chi connectivity index (χ4v) is 2.58. The molecule has 144 valence electrons. The number of nitrogens with zero attached hydrogens (tertiary/aromatic N) is 2. The van der Waals surface area contributed by atoms with E-state index >= 15 is 0 Å². The Morgan fingerprint density at radius 2 is 1.90 bits per heavy atom. The molecule has 1 aromatic heterocycles. The van der Waals surface area contributed by atoms with Crippen LogP contribution >= 0.6 is 0 Å². The maximum absolute atomic E-state index is 12.4. The lowest BCUT2D eigenvalue weighted by Gasteiger charge is -2.05. The minimum Gasteiger partial charge on any atom is -0.497 e. The Morgan fingerprint density at radius 1 is 1.17 bits per heavy atom. The summed E-state index contributed by atoms with van der Waals surface area (Å²) >= 11 is 0. The smallest absolute Gasteiger partial charge is 0.280 e. The van der Waals surface area contributed by atoms with E-state index in [0.717, 1.165) is 0 Å². The second kappa shape index (κ2) is 8.54. The highest BCUT2D eigenvalue weighted by molar-refractivity contribution is 6.09. The van der Waals surface area contributed by atoms with Gasteiger partial charge in [0.05, 0.1) is 17.6 Å². The summed E-state index contributed by atoms with van der Waals surface area (Å²) in [5.74, 6) is 0.509. The van der Waals surface area contributed by atoms with Crippen molar-refractivity contribution < 1.29 is 18.9 Å². The van der Waals surface area contributed by atoms with Crippen molar-refractivity contribution in [3.05, 3.63) is 82.1 Å². The summed E-state index contributed by atoms with van der Waals surface area (Å²) in [5.41, 5.74) is 0.523. The van der Waals surface area contributed by atoms with Crippen molar-refractivity contribution in [2.24, 2.45) is 0 Å². The molecule has 2 aromatic carbocycles. The van der Waals surface area contributed by atoms with Crippen LogP contribution in [0.15, 0.2) is 70.7 Å². The maximum atomic E-state index is 12.4. The van der Waals surface area contributed by atoms with Crippen molar-refractivity contribution in [1.82, 2.24) is 0 Å². The minimum absolute atomic E-state index is 0.102. The number of nitro groups is 1. The quantitative estimate of drug-likeness (QED) is 0.289. The second-order valence-corrected chi connectivity index (χ2v) is 5.83. The number of ether oxygens (including phenoxy) is 1. The number of hydrogen-bond donors (Lipinski definition) is 1. The number of furan rings is 1. The normalized spacial score (nSPS) is 10.8. The third kappa shape index (κ3) is 4.48. The van der Waals surface area contributed by atoms with Crippen LogP contribution in [0.2, 0.25) is 0 Å². The molecule has 0 spiro atoms.